The molecule has 3 aromatic heterocycles. The molecule has 9 heteroatoms. The molecule has 0 spiro atoms. The lowest BCUT2D eigenvalue weighted by atomic mass is 10.1. The number of aryl methyl sites for hydroxylation is 1. The molecule has 1 aromatic carbocycles. The second-order valence-corrected chi connectivity index (χ2v) is 6.99. The van der Waals surface area contributed by atoms with Crippen LogP contribution in [-0.2, 0) is 12.3 Å². The van der Waals surface area contributed by atoms with Gasteiger partial charge in [0.15, 0.2) is 11.0 Å². The van der Waals surface area contributed by atoms with Gasteiger partial charge in [-0.1, -0.05) is 29.1 Å². The van der Waals surface area contributed by atoms with Crippen LogP contribution >= 0.6 is 11.8 Å². The third-order valence-corrected chi connectivity index (χ3v) is 5.15. The van der Waals surface area contributed by atoms with Gasteiger partial charge in [0.25, 0.3) is 0 Å². The second kappa shape index (κ2) is 7.89. The van der Waals surface area contributed by atoms with Gasteiger partial charge in [-0.05, 0) is 37.6 Å². The van der Waals surface area contributed by atoms with E-state index in [1.165, 1.54) is 17.8 Å². The minimum absolute atomic E-state index is 0.294. The van der Waals surface area contributed by atoms with Crippen LogP contribution in [0.3, 0.4) is 0 Å². The third kappa shape index (κ3) is 3.65. The summed E-state index contributed by atoms with van der Waals surface area (Å²) in [5.74, 6) is 1.74. The summed E-state index contributed by atoms with van der Waals surface area (Å²) < 4.78 is 21.1. The quantitative estimate of drug-likeness (QED) is 0.453. The van der Waals surface area contributed by atoms with Crippen LogP contribution in [0.2, 0.25) is 0 Å². The molecule has 0 aliphatic heterocycles. The third-order valence-electron chi connectivity index (χ3n) is 4.19. The van der Waals surface area contributed by atoms with Crippen LogP contribution in [0, 0.1) is 12.7 Å². The molecule has 0 saturated carbocycles. The molecule has 7 nitrogen and oxygen atoms in total. The number of thioether (sulfide) groups is 1. The molecular weight excluding hydrogens is 379 g/mol. The van der Waals surface area contributed by atoms with Crippen molar-refractivity contribution < 1.29 is 8.91 Å². The largest absolute Gasteiger partial charge is 0.338 e. The molecule has 0 fully saturated rings. The number of hydrogen-bond acceptors (Lipinski definition) is 7. The van der Waals surface area contributed by atoms with Gasteiger partial charge in [0.1, 0.15) is 5.82 Å². The predicted octanol–water partition coefficient (Wildman–Crippen LogP) is 4.15. The first kappa shape index (κ1) is 18.3. The number of benzene rings is 1. The van der Waals surface area contributed by atoms with E-state index in [1.54, 1.807) is 31.5 Å². The predicted molar refractivity (Wildman–Crippen MR) is 103 cm³/mol. The maximum atomic E-state index is 13.8. The van der Waals surface area contributed by atoms with Crippen LogP contribution < -0.4 is 0 Å². The summed E-state index contributed by atoms with van der Waals surface area (Å²) in [5, 5.41) is 13.3. The Hall–Kier alpha value is -3.07. The average Bonchev–Trinajstić information content (AvgIpc) is 3.35. The Morgan fingerprint density at radius 3 is 2.68 bits per heavy atom. The number of hydrogen-bond donors (Lipinski definition) is 0. The zero-order chi connectivity index (χ0) is 19.5. The molecule has 0 amide bonds. The summed E-state index contributed by atoms with van der Waals surface area (Å²) in [6.07, 6.45) is 3.45. The second-order valence-electron chi connectivity index (χ2n) is 6.05. The fourth-order valence-electron chi connectivity index (χ4n) is 2.68. The standard InChI is InChI=1S/C19H17FN6OS/c1-3-26-18(13-6-8-21-9-7-13)23-24-19(26)28-11-16-22-17(25-27-16)14-5-4-12(2)15(20)10-14/h4-10H,3,11H2,1-2H3. The van der Waals surface area contributed by atoms with Crippen LogP contribution in [0.25, 0.3) is 22.8 Å². The smallest absolute Gasteiger partial charge is 0.237 e. The van der Waals surface area contributed by atoms with E-state index in [-0.39, 0.29) is 5.82 Å². The Kier molecular flexibility index (Phi) is 5.16. The highest BCUT2D eigenvalue weighted by Gasteiger charge is 2.16. The lowest BCUT2D eigenvalue weighted by Gasteiger charge is -2.06. The molecule has 0 N–H and O–H groups in total. The monoisotopic (exact) mass is 396 g/mol. The fraction of sp³-hybridized carbons (Fsp3) is 0.211. The van der Waals surface area contributed by atoms with E-state index in [1.807, 2.05) is 23.6 Å². The molecule has 0 radical (unpaired) electrons. The summed E-state index contributed by atoms with van der Waals surface area (Å²) in [6, 6.07) is 8.67. The van der Waals surface area contributed by atoms with Gasteiger partial charge in [-0.2, -0.15) is 4.98 Å². The maximum absolute atomic E-state index is 13.8. The minimum Gasteiger partial charge on any atom is -0.338 e. The Labute approximate surface area is 165 Å². The molecule has 3 heterocycles. The van der Waals surface area contributed by atoms with Gasteiger partial charge < -0.3 is 9.09 Å². The van der Waals surface area contributed by atoms with Crippen molar-refractivity contribution >= 4 is 11.8 Å². The van der Waals surface area contributed by atoms with Gasteiger partial charge in [-0.25, -0.2) is 4.39 Å². The minimum atomic E-state index is -0.294. The lowest BCUT2D eigenvalue weighted by molar-refractivity contribution is 0.391. The molecule has 0 unspecified atom stereocenters. The van der Waals surface area contributed by atoms with E-state index in [0.29, 0.717) is 28.6 Å². The topological polar surface area (TPSA) is 82.5 Å². The highest BCUT2D eigenvalue weighted by Crippen LogP contribution is 2.26. The van der Waals surface area contributed by atoms with Crippen molar-refractivity contribution in [3.63, 3.8) is 0 Å². The highest BCUT2D eigenvalue weighted by atomic mass is 32.2. The lowest BCUT2D eigenvalue weighted by Crippen LogP contribution is -2.00. The first-order valence-electron chi connectivity index (χ1n) is 8.71. The number of pyridine rings is 1. The van der Waals surface area contributed by atoms with Crippen LogP contribution in [0.4, 0.5) is 4.39 Å². The first-order valence-corrected chi connectivity index (χ1v) is 9.69. The van der Waals surface area contributed by atoms with Gasteiger partial charge in [-0.15, -0.1) is 10.2 Å². The Balaban J connectivity index is 1.50. The average molecular weight is 396 g/mol. The Bertz CT molecular complexity index is 1100. The highest BCUT2D eigenvalue weighted by molar-refractivity contribution is 7.98. The van der Waals surface area contributed by atoms with Gasteiger partial charge in [-0.3, -0.25) is 4.98 Å². The van der Waals surface area contributed by atoms with Crippen molar-refractivity contribution in [1.82, 2.24) is 29.9 Å². The van der Waals surface area contributed by atoms with Crippen molar-refractivity contribution in [3.05, 3.63) is 60.0 Å². The van der Waals surface area contributed by atoms with Gasteiger partial charge >= 0.3 is 0 Å². The molecule has 0 atom stereocenters. The van der Waals surface area contributed by atoms with E-state index < -0.39 is 0 Å². The number of aromatic nitrogens is 6. The van der Waals surface area contributed by atoms with E-state index in [4.69, 9.17) is 4.52 Å². The Morgan fingerprint density at radius 2 is 1.93 bits per heavy atom. The number of rotatable bonds is 6. The number of nitrogens with zero attached hydrogens (tertiary/aromatic N) is 6. The molecule has 4 rings (SSSR count). The number of halogens is 1. The van der Waals surface area contributed by atoms with Crippen molar-refractivity contribution in [3.8, 4) is 22.8 Å². The summed E-state index contributed by atoms with van der Waals surface area (Å²) in [6.45, 7) is 4.47. The van der Waals surface area contributed by atoms with E-state index >= 15 is 0 Å². The van der Waals surface area contributed by atoms with Crippen molar-refractivity contribution in [2.45, 2.75) is 31.3 Å². The fourth-order valence-corrected chi connectivity index (χ4v) is 3.52. The van der Waals surface area contributed by atoms with Crippen molar-refractivity contribution in [2.24, 2.45) is 0 Å². The summed E-state index contributed by atoms with van der Waals surface area (Å²) in [5.41, 5.74) is 2.12. The summed E-state index contributed by atoms with van der Waals surface area (Å²) >= 11 is 1.46. The molecule has 0 saturated heterocycles. The molecule has 28 heavy (non-hydrogen) atoms. The van der Waals surface area contributed by atoms with Crippen LogP contribution in [0.15, 0.2) is 52.4 Å². The zero-order valence-corrected chi connectivity index (χ0v) is 16.1. The first-order chi connectivity index (χ1) is 13.7. The molecule has 142 valence electrons. The molecule has 4 aromatic rings. The zero-order valence-electron chi connectivity index (χ0n) is 15.3. The van der Waals surface area contributed by atoms with Crippen molar-refractivity contribution in [1.29, 1.82) is 0 Å². The molecule has 0 aliphatic rings. The molecule has 0 bridgehead atoms. The van der Waals surface area contributed by atoms with Gasteiger partial charge in [0.05, 0.1) is 5.75 Å². The van der Waals surface area contributed by atoms with Crippen LogP contribution in [-0.4, -0.2) is 29.9 Å². The molecule has 0 aliphatic carbocycles. The molecular formula is C19H17FN6OS. The van der Waals surface area contributed by atoms with Gasteiger partial charge in [0.2, 0.25) is 11.7 Å². The van der Waals surface area contributed by atoms with E-state index in [0.717, 1.165) is 23.1 Å². The maximum Gasteiger partial charge on any atom is 0.237 e. The summed E-state index contributed by atoms with van der Waals surface area (Å²) in [4.78, 5) is 8.39. The normalized spacial score (nSPS) is 11.1. The SMILES string of the molecule is CCn1c(SCc2nc(-c3ccc(C)c(F)c3)no2)nnc1-c1ccncc1. The van der Waals surface area contributed by atoms with E-state index in [9.17, 15) is 4.39 Å². The van der Waals surface area contributed by atoms with Crippen molar-refractivity contribution in [2.75, 3.05) is 0 Å². The van der Waals surface area contributed by atoms with Gasteiger partial charge in [0, 0.05) is 30.1 Å². The van der Waals surface area contributed by atoms with Crippen LogP contribution in [0.1, 0.15) is 18.4 Å². The Morgan fingerprint density at radius 1 is 1.11 bits per heavy atom. The van der Waals surface area contributed by atoms with Crippen LogP contribution in [0.5, 0.6) is 0 Å². The van der Waals surface area contributed by atoms with E-state index in [2.05, 4.69) is 25.3 Å². The summed E-state index contributed by atoms with van der Waals surface area (Å²) in [7, 11) is 0.